The Labute approximate surface area is 205 Å². The number of fused-ring (bicyclic) bond motifs is 1. The maximum absolute atomic E-state index is 13.0. The number of hydrogen-bond donors (Lipinski definition) is 2. The molecule has 4 aromatic rings. The molecule has 3 aromatic carbocycles. The van der Waals surface area contributed by atoms with Crippen molar-refractivity contribution in [1.82, 2.24) is 9.88 Å². The molecule has 5 nitrogen and oxygen atoms in total. The van der Waals surface area contributed by atoms with E-state index in [4.69, 9.17) is 17.0 Å². The normalized spacial score (nSPS) is 10.8. The van der Waals surface area contributed by atoms with Gasteiger partial charge in [0.15, 0.2) is 5.11 Å². The van der Waals surface area contributed by atoms with Gasteiger partial charge in [0.1, 0.15) is 5.75 Å². The van der Waals surface area contributed by atoms with Crippen LogP contribution in [0.15, 0.2) is 71.5 Å². The van der Waals surface area contributed by atoms with Crippen LogP contribution in [-0.2, 0) is 13.1 Å². The fraction of sp³-hybridized carbons (Fsp3) is 0.214. The van der Waals surface area contributed by atoms with Gasteiger partial charge in [0.05, 0.1) is 13.7 Å². The highest BCUT2D eigenvalue weighted by atomic mass is 32.1. The summed E-state index contributed by atoms with van der Waals surface area (Å²) in [7, 11) is 1.65. The van der Waals surface area contributed by atoms with Crippen molar-refractivity contribution < 1.29 is 4.74 Å². The molecule has 0 aliphatic rings. The van der Waals surface area contributed by atoms with E-state index in [0.29, 0.717) is 23.8 Å². The van der Waals surface area contributed by atoms with Crippen LogP contribution in [0.2, 0.25) is 0 Å². The van der Waals surface area contributed by atoms with Crippen molar-refractivity contribution >= 4 is 33.9 Å². The number of H-pyrrole nitrogens is 1. The molecule has 1 heterocycles. The lowest BCUT2D eigenvalue weighted by molar-refractivity contribution is 0.406. The molecule has 6 heteroatoms. The van der Waals surface area contributed by atoms with Gasteiger partial charge in [-0.25, -0.2) is 0 Å². The third kappa shape index (κ3) is 5.46. The van der Waals surface area contributed by atoms with Gasteiger partial charge in [-0.1, -0.05) is 35.9 Å². The van der Waals surface area contributed by atoms with Crippen LogP contribution in [0.3, 0.4) is 0 Å². The molecular weight excluding hydrogens is 442 g/mol. The van der Waals surface area contributed by atoms with E-state index in [0.717, 1.165) is 39.0 Å². The molecule has 0 spiro atoms. The minimum Gasteiger partial charge on any atom is -0.497 e. The molecule has 0 bridgehead atoms. The predicted molar refractivity (Wildman–Crippen MR) is 144 cm³/mol. The number of hydrogen-bond acceptors (Lipinski definition) is 3. The highest BCUT2D eigenvalue weighted by molar-refractivity contribution is 7.80. The molecule has 0 amide bonds. The zero-order valence-electron chi connectivity index (χ0n) is 19.9. The van der Waals surface area contributed by atoms with Crippen LogP contribution in [0.25, 0.3) is 10.9 Å². The van der Waals surface area contributed by atoms with E-state index in [1.807, 2.05) is 79.4 Å². The molecule has 174 valence electrons. The molecule has 2 N–H and O–H groups in total. The molecule has 0 aliphatic heterocycles. The van der Waals surface area contributed by atoms with Gasteiger partial charge in [0.2, 0.25) is 0 Å². The molecule has 1 aromatic heterocycles. The minimum atomic E-state index is -0.102. The SMILES string of the molecule is COc1ccc(CN(Cc2cc3c(C)cc(C)cc3[nH]c2=O)C(=S)Nc2ccc(C)cc2)cc1. The second kappa shape index (κ2) is 10.1. The van der Waals surface area contributed by atoms with Gasteiger partial charge in [-0.3, -0.25) is 4.79 Å². The van der Waals surface area contributed by atoms with Crippen molar-refractivity contribution in [3.8, 4) is 5.75 Å². The lowest BCUT2D eigenvalue weighted by Crippen LogP contribution is -2.35. The highest BCUT2D eigenvalue weighted by Crippen LogP contribution is 2.21. The van der Waals surface area contributed by atoms with Crippen molar-refractivity contribution in [1.29, 1.82) is 0 Å². The van der Waals surface area contributed by atoms with E-state index >= 15 is 0 Å². The Morgan fingerprint density at radius 1 is 0.941 bits per heavy atom. The number of nitrogens with zero attached hydrogens (tertiary/aromatic N) is 1. The maximum atomic E-state index is 13.0. The quantitative estimate of drug-likeness (QED) is 0.345. The molecule has 34 heavy (non-hydrogen) atoms. The summed E-state index contributed by atoms with van der Waals surface area (Å²) in [6.07, 6.45) is 0. The number of benzene rings is 3. The van der Waals surface area contributed by atoms with Crippen LogP contribution in [0.4, 0.5) is 5.69 Å². The van der Waals surface area contributed by atoms with Crippen molar-refractivity contribution in [3.63, 3.8) is 0 Å². The summed E-state index contributed by atoms with van der Waals surface area (Å²) in [5, 5.41) is 4.93. The Morgan fingerprint density at radius 2 is 1.65 bits per heavy atom. The third-order valence-corrected chi connectivity index (χ3v) is 6.23. The van der Waals surface area contributed by atoms with Crippen molar-refractivity contribution in [2.75, 3.05) is 12.4 Å². The average molecular weight is 472 g/mol. The molecule has 4 rings (SSSR count). The number of aryl methyl sites for hydroxylation is 3. The van der Waals surface area contributed by atoms with Crippen LogP contribution in [-0.4, -0.2) is 22.1 Å². The Hall–Kier alpha value is -3.64. The lowest BCUT2D eigenvalue weighted by Gasteiger charge is -2.26. The van der Waals surface area contributed by atoms with Crippen LogP contribution >= 0.6 is 12.2 Å². The number of aromatic amines is 1. The highest BCUT2D eigenvalue weighted by Gasteiger charge is 2.15. The molecular formula is C28H29N3O2S. The van der Waals surface area contributed by atoms with Gasteiger partial charge in [0, 0.05) is 28.7 Å². The molecule has 0 unspecified atom stereocenters. The molecule has 0 saturated heterocycles. The molecule has 0 radical (unpaired) electrons. The van der Waals surface area contributed by atoms with Gasteiger partial charge in [0.25, 0.3) is 5.56 Å². The number of rotatable bonds is 6. The number of ether oxygens (including phenoxy) is 1. The topological polar surface area (TPSA) is 57.4 Å². The summed E-state index contributed by atoms with van der Waals surface area (Å²) in [6, 6.07) is 22.1. The fourth-order valence-electron chi connectivity index (χ4n) is 4.03. The second-order valence-electron chi connectivity index (χ2n) is 8.67. The van der Waals surface area contributed by atoms with E-state index < -0.39 is 0 Å². The summed E-state index contributed by atoms with van der Waals surface area (Å²) in [4.78, 5) is 18.1. The Morgan fingerprint density at radius 3 is 2.32 bits per heavy atom. The molecule has 0 fully saturated rings. The van der Waals surface area contributed by atoms with Crippen LogP contribution < -0.4 is 15.6 Å². The van der Waals surface area contributed by atoms with Gasteiger partial charge < -0.3 is 19.9 Å². The van der Waals surface area contributed by atoms with E-state index in [-0.39, 0.29) is 5.56 Å². The molecule has 0 saturated carbocycles. The number of anilines is 1. The van der Waals surface area contributed by atoms with Crippen molar-refractivity contribution in [2.24, 2.45) is 0 Å². The Bertz CT molecular complexity index is 1380. The molecule has 0 aliphatic carbocycles. The first-order valence-corrected chi connectivity index (χ1v) is 11.6. The lowest BCUT2D eigenvalue weighted by atomic mass is 10.0. The molecule has 0 atom stereocenters. The van der Waals surface area contributed by atoms with Gasteiger partial charge >= 0.3 is 0 Å². The number of thiocarbonyl (C=S) groups is 1. The summed E-state index contributed by atoms with van der Waals surface area (Å²) in [6.45, 7) is 7.07. The number of pyridine rings is 1. The average Bonchev–Trinajstić information content (AvgIpc) is 2.81. The second-order valence-corrected chi connectivity index (χ2v) is 9.05. The zero-order chi connectivity index (χ0) is 24.2. The van der Waals surface area contributed by atoms with Gasteiger partial charge in [-0.15, -0.1) is 0 Å². The number of aromatic nitrogens is 1. The third-order valence-electron chi connectivity index (χ3n) is 5.87. The minimum absolute atomic E-state index is 0.102. The first-order chi connectivity index (χ1) is 16.3. The van der Waals surface area contributed by atoms with E-state index in [9.17, 15) is 4.79 Å². The Balaban J connectivity index is 1.66. The predicted octanol–water partition coefficient (Wildman–Crippen LogP) is 5.86. The Kier molecular flexibility index (Phi) is 6.98. The van der Waals surface area contributed by atoms with Gasteiger partial charge in [-0.2, -0.15) is 0 Å². The summed E-state index contributed by atoms with van der Waals surface area (Å²) >= 11 is 5.80. The summed E-state index contributed by atoms with van der Waals surface area (Å²) in [5.74, 6) is 0.799. The van der Waals surface area contributed by atoms with Crippen molar-refractivity contribution in [3.05, 3.63) is 105 Å². The van der Waals surface area contributed by atoms with E-state index in [1.165, 1.54) is 5.56 Å². The number of nitrogens with one attached hydrogen (secondary N) is 2. The summed E-state index contributed by atoms with van der Waals surface area (Å²) in [5.41, 5.74) is 6.84. The maximum Gasteiger partial charge on any atom is 0.253 e. The standard InChI is InChI=1S/C28H29N3O2S/c1-18-5-9-23(10-6-18)29-28(34)31(16-21-7-11-24(33-4)12-8-21)17-22-15-25-20(3)13-19(2)14-26(25)30-27(22)32/h5-15H,16-17H2,1-4H3,(H,29,34)(H,30,32). The monoisotopic (exact) mass is 471 g/mol. The van der Waals surface area contributed by atoms with Crippen LogP contribution in [0, 0.1) is 20.8 Å². The largest absolute Gasteiger partial charge is 0.497 e. The number of methoxy groups -OCH3 is 1. The van der Waals surface area contributed by atoms with E-state index in [1.54, 1.807) is 7.11 Å². The zero-order valence-corrected chi connectivity index (χ0v) is 20.8. The smallest absolute Gasteiger partial charge is 0.253 e. The van der Waals surface area contributed by atoms with Gasteiger partial charge in [-0.05, 0) is 86.1 Å². The first kappa shape index (κ1) is 23.5. The van der Waals surface area contributed by atoms with Crippen LogP contribution in [0.1, 0.15) is 27.8 Å². The summed E-state index contributed by atoms with van der Waals surface area (Å²) < 4.78 is 5.28. The van der Waals surface area contributed by atoms with E-state index in [2.05, 4.69) is 23.3 Å². The first-order valence-electron chi connectivity index (χ1n) is 11.2. The van der Waals surface area contributed by atoms with Crippen molar-refractivity contribution in [2.45, 2.75) is 33.9 Å². The fourth-order valence-corrected chi connectivity index (χ4v) is 4.28. The van der Waals surface area contributed by atoms with Crippen LogP contribution in [0.5, 0.6) is 5.75 Å².